The van der Waals surface area contributed by atoms with Gasteiger partial charge in [-0.15, -0.1) is 0 Å². The highest BCUT2D eigenvalue weighted by Gasteiger charge is 2.25. The predicted octanol–water partition coefficient (Wildman–Crippen LogP) is 3.62. The zero-order valence-electron chi connectivity index (χ0n) is 15.7. The van der Waals surface area contributed by atoms with Crippen LogP contribution < -0.4 is 10.1 Å². The van der Waals surface area contributed by atoms with Crippen LogP contribution in [0, 0.1) is 13.8 Å². The van der Waals surface area contributed by atoms with Crippen LogP contribution in [0.5, 0.6) is 5.75 Å². The number of carbonyl (C=O) groups excluding carboxylic acids is 1. The number of likely N-dealkylation sites (tertiary alicyclic amines) is 1. The maximum Gasteiger partial charge on any atom is 0.258 e. The first-order chi connectivity index (χ1) is 12.6. The lowest BCUT2D eigenvalue weighted by atomic mass is 10.1. The second-order valence-corrected chi connectivity index (χ2v) is 6.92. The summed E-state index contributed by atoms with van der Waals surface area (Å²) in [5.74, 6) is 2.45. The van der Waals surface area contributed by atoms with Crippen molar-refractivity contribution in [3.63, 3.8) is 0 Å². The summed E-state index contributed by atoms with van der Waals surface area (Å²) in [7, 11) is 0. The van der Waals surface area contributed by atoms with Gasteiger partial charge in [0, 0.05) is 6.54 Å². The molecule has 1 aromatic heterocycles. The molecule has 1 unspecified atom stereocenters. The van der Waals surface area contributed by atoms with Crippen LogP contribution in [0.3, 0.4) is 0 Å². The Hall–Kier alpha value is -2.27. The molecule has 0 radical (unpaired) electrons. The summed E-state index contributed by atoms with van der Waals surface area (Å²) in [6, 6.07) is 11.8. The molecule has 3 rings (SSSR count). The third-order valence-electron chi connectivity index (χ3n) is 4.87. The van der Waals surface area contributed by atoms with Crippen LogP contribution in [0.25, 0.3) is 0 Å². The minimum atomic E-state index is -0.112. The largest absolute Gasteiger partial charge is 0.484 e. The van der Waals surface area contributed by atoms with Gasteiger partial charge in [0.2, 0.25) is 0 Å². The first-order valence-electron chi connectivity index (χ1n) is 9.39. The Labute approximate surface area is 155 Å². The number of furan rings is 1. The number of benzene rings is 1. The lowest BCUT2D eigenvalue weighted by Gasteiger charge is -2.33. The van der Waals surface area contributed by atoms with E-state index in [0.29, 0.717) is 6.54 Å². The molecule has 1 N–H and O–H groups in total. The average Bonchev–Trinajstić information content (AvgIpc) is 3.08. The van der Waals surface area contributed by atoms with E-state index in [2.05, 4.69) is 10.2 Å². The van der Waals surface area contributed by atoms with Crippen molar-refractivity contribution in [1.82, 2.24) is 10.2 Å². The van der Waals surface area contributed by atoms with Crippen LogP contribution in [-0.2, 0) is 4.79 Å². The van der Waals surface area contributed by atoms with Crippen LogP contribution >= 0.6 is 0 Å². The van der Waals surface area contributed by atoms with Crippen LogP contribution in [0.15, 0.2) is 40.8 Å². The minimum Gasteiger partial charge on any atom is -0.484 e. The van der Waals surface area contributed by atoms with Crippen molar-refractivity contribution in [2.75, 3.05) is 26.2 Å². The van der Waals surface area contributed by atoms with E-state index in [-0.39, 0.29) is 18.6 Å². The normalized spacial score (nSPS) is 16.2. The van der Waals surface area contributed by atoms with Crippen LogP contribution in [0.4, 0.5) is 0 Å². The van der Waals surface area contributed by atoms with Crippen molar-refractivity contribution in [2.45, 2.75) is 39.2 Å². The van der Waals surface area contributed by atoms with Gasteiger partial charge in [0.15, 0.2) is 6.61 Å². The van der Waals surface area contributed by atoms with E-state index in [1.54, 1.807) is 0 Å². The van der Waals surface area contributed by atoms with Gasteiger partial charge in [-0.25, -0.2) is 0 Å². The van der Waals surface area contributed by atoms with Gasteiger partial charge in [-0.2, -0.15) is 0 Å². The number of carbonyl (C=O) groups is 1. The molecule has 1 atom stereocenters. The second-order valence-electron chi connectivity index (χ2n) is 6.92. The van der Waals surface area contributed by atoms with Gasteiger partial charge in [-0.1, -0.05) is 24.6 Å². The Morgan fingerprint density at radius 3 is 2.62 bits per heavy atom. The van der Waals surface area contributed by atoms with E-state index in [0.717, 1.165) is 35.9 Å². The summed E-state index contributed by atoms with van der Waals surface area (Å²) >= 11 is 0. The Morgan fingerprint density at radius 1 is 1.15 bits per heavy atom. The molecule has 1 fully saturated rings. The van der Waals surface area contributed by atoms with E-state index in [1.807, 2.05) is 50.2 Å². The van der Waals surface area contributed by atoms with E-state index in [4.69, 9.17) is 9.15 Å². The molecule has 1 amide bonds. The third kappa shape index (κ3) is 4.88. The molecule has 0 bridgehead atoms. The quantitative estimate of drug-likeness (QED) is 0.823. The fourth-order valence-corrected chi connectivity index (χ4v) is 3.40. The van der Waals surface area contributed by atoms with Crippen molar-refractivity contribution >= 4 is 5.91 Å². The van der Waals surface area contributed by atoms with Gasteiger partial charge >= 0.3 is 0 Å². The Morgan fingerprint density at radius 2 is 1.92 bits per heavy atom. The van der Waals surface area contributed by atoms with E-state index in [1.165, 1.54) is 19.3 Å². The Bertz CT molecular complexity index is 720. The van der Waals surface area contributed by atoms with Gasteiger partial charge in [0.1, 0.15) is 17.3 Å². The first-order valence-corrected chi connectivity index (χ1v) is 9.39. The second kappa shape index (κ2) is 8.90. The molecule has 1 aromatic carbocycles. The Kier molecular flexibility index (Phi) is 6.34. The highest BCUT2D eigenvalue weighted by atomic mass is 16.5. The van der Waals surface area contributed by atoms with Gasteiger partial charge in [0.25, 0.3) is 5.91 Å². The zero-order chi connectivity index (χ0) is 18.4. The van der Waals surface area contributed by atoms with Gasteiger partial charge in [-0.05, 0) is 63.5 Å². The minimum absolute atomic E-state index is 0.0226. The smallest absolute Gasteiger partial charge is 0.258 e. The maximum absolute atomic E-state index is 12.3. The molecule has 5 nitrogen and oxygen atoms in total. The maximum atomic E-state index is 12.3. The molecule has 0 aliphatic carbocycles. The van der Waals surface area contributed by atoms with E-state index in [9.17, 15) is 4.79 Å². The molecule has 5 heteroatoms. The number of hydrogen-bond donors (Lipinski definition) is 1. The molecule has 1 aliphatic rings. The topological polar surface area (TPSA) is 54.7 Å². The number of nitrogens with one attached hydrogen (secondary N) is 1. The van der Waals surface area contributed by atoms with E-state index < -0.39 is 0 Å². The van der Waals surface area contributed by atoms with Crippen LogP contribution in [0.2, 0.25) is 0 Å². The van der Waals surface area contributed by atoms with Gasteiger partial charge < -0.3 is 14.5 Å². The van der Waals surface area contributed by atoms with Gasteiger partial charge in [-0.3, -0.25) is 9.69 Å². The lowest BCUT2D eigenvalue weighted by molar-refractivity contribution is -0.123. The molecule has 0 spiro atoms. The molecular formula is C21H28N2O3. The summed E-state index contributed by atoms with van der Waals surface area (Å²) in [6.07, 6.45) is 3.66. The van der Waals surface area contributed by atoms with Crippen LogP contribution in [0.1, 0.15) is 42.4 Å². The van der Waals surface area contributed by atoms with E-state index >= 15 is 0 Å². The molecule has 2 aromatic rings. The zero-order valence-corrected chi connectivity index (χ0v) is 15.7. The van der Waals surface area contributed by atoms with Crippen molar-refractivity contribution < 1.29 is 13.9 Å². The standard InChI is InChI=1S/C21H28N2O3/c1-16-8-4-5-9-19(16)25-15-21(24)22-14-18(20-11-10-17(2)26-20)23-12-6-3-7-13-23/h4-5,8-11,18H,3,6-7,12-15H2,1-2H3,(H,22,24). The molecule has 0 saturated carbocycles. The van der Waals surface area contributed by atoms with Crippen molar-refractivity contribution in [2.24, 2.45) is 0 Å². The number of ether oxygens (including phenoxy) is 1. The number of rotatable bonds is 7. The summed E-state index contributed by atoms with van der Waals surface area (Å²) in [4.78, 5) is 14.7. The highest BCUT2D eigenvalue weighted by molar-refractivity contribution is 5.77. The first kappa shape index (κ1) is 18.5. The molecule has 26 heavy (non-hydrogen) atoms. The summed E-state index contributed by atoms with van der Waals surface area (Å²) in [5, 5.41) is 3.01. The predicted molar refractivity (Wildman–Crippen MR) is 101 cm³/mol. The number of piperidine rings is 1. The number of nitrogens with zero attached hydrogens (tertiary/aromatic N) is 1. The Balaban J connectivity index is 1.56. The molecule has 1 aliphatic heterocycles. The number of hydrogen-bond acceptors (Lipinski definition) is 4. The molecule has 1 saturated heterocycles. The third-order valence-corrected chi connectivity index (χ3v) is 4.87. The summed E-state index contributed by atoms with van der Waals surface area (Å²) in [5.41, 5.74) is 1.03. The summed E-state index contributed by atoms with van der Waals surface area (Å²) < 4.78 is 11.5. The number of amides is 1. The van der Waals surface area contributed by atoms with Crippen molar-refractivity contribution in [3.05, 3.63) is 53.5 Å². The molecular weight excluding hydrogens is 328 g/mol. The average molecular weight is 356 g/mol. The van der Waals surface area contributed by atoms with Crippen LogP contribution in [-0.4, -0.2) is 37.0 Å². The fraction of sp³-hybridized carbons (Fsp3) is 0.476. The van der Waals surface area contributed by atoms with Crippen molar-refractivity contribution in [1.29, 1.82) is 0 Å². The molecule has 140 valence electrons. The lowest BCUT2D eigenvalue weighted by Crippen LogP contribution is -2.41. The highest BCUT2D eigenvalue weighted by Crippen LogP contribution is 2.25. The number of para-hydroxylation sites is 1. The van der Waals surface area contributed by atoms with Crippen molar-refractivity contribution in [3.8, 4) is 5.75 Å². The monoisotopic (exact) mass is 356 g/mol. The summed E-state index contributed by atoms with van der Waals surface area (Å²) in [6.45, 7) is 6.56. The number of aryl methyl sites for hydroxylation is 2. The van der Waals surface area contributed by atoms with Gasteiger partial charge in [0.05, 0.1) is 6.04 Å². The SMILES string of the molecule is Cc1ccc(C(CNC(=O)COc2ccccc2C)N2CCCCC2)o1. The fourth-order valence-electron chi connectivity index (χ4n) is 3.40. The molecule has 2 heterocycles.